The maximum Gasteiger partial charge on any atom is 0.335 e. The van der Waals surface area contributed by atoms with Crippen molar-refractivity contribution in [1.29, 1.82) is 0 Å². The first-order valence-electron chi connectivity index (χ1n) is 11.5. The number of benzene rings is 2. The molecule has 0 amide bonds. The van der Waals surface area contributed by atoms with E-state index in [2.05, 4.69) is 40.5 Å². The van der Waals surface area contributed by atoms with Gasteiger partial charge in [-0.2, -0.15) is 0 Å². The topological polar surface area (TPSA) is 52.6 Å². The van der Waals surface area contributed by atoms with Crippen LogP contribution in [0.15, 0.2) is 54.6 Å². The standard InChI is InChI=1S/C26H34N2O2/c29-26(30)23-11-9-20(10-12-23)6-4-5-15-28-16-13-21(14-17-28)19-27-25-18-24(25)22-7-2-1-3-8-22/h1-3,7-12,21,24-25,27H,4-6,13-19H2,(H,29,30)/t24-,25+/m0/s1. The van der Waals surface area contributed by atoms with Crippen LogP contribution in [-0.4, -0.2) is 48.2 Å². The molecule has 1 aliphatic heterocycles. The lowest BCUT2D eigenvalue weighted by molar-refractivity contribution is 0.0697. The Bertz CT molecular complexity index is 798. The van der Waals surface area contributed by atoms with E-state index in [9.17, 15) is 4.79 Å². The monoisotopic (exact) mass is 406 g/mol. The normalized spacial score (nSPS) is 22.1. The molecule has 1 heterocycles. The van der Waals surface area contributed by atoms with Crippen LogP contribution in [0.5, 0.6) is 0 Å². The van der Waals surface area contributed by atoms with Crippen molar-refractivity contribution in [2.24, 2.45) is 5.92 Å². The average Bonchev–Trinajstić information content (AvgIpc) is 3.57. The third-order valence-electron chi connectivity index (χ3n) is 6.78. The number of nitrogens with one attached hydrogen (secondary N) is 1. The first-order chi connectivity index (χ1) is 14.7. The van der Waals surface area contributed by atoms with E-state index in [1.807, 2.05) is 12.1 Å². The summed E-state index contributed by atoms with van der Waals surface area (Å²) in [7, 11) is 0. The molecule has 1 aliphatic carbocycles. The third-order valence-corrected chi connectivity index (χ3v) is 6.78. The van der Waals surface area contributed by atoms with Crippen molar-refractivity contribution < 1.29 is 9.90 Å². The van der Waals surface area contributed by atoms with Gasteiger partial charge >= 0.3 is 5.97 Å². The minimum Gasteiger partial charge on any atom is -0.478 e. The van der Waals surface area contributed by atoms with E-state index in [1.165, 1.54) is 63.0 Å². The molecule has 0 spiro atoms. The van der Waals surface area contributed by atoms with E-state index in [0.29, 0.717) is 11.6 Å². The molecule has 0 unspecified atom stereocenters. The third kappa shape index (κ3) is 5.93. The van der Waals surface area contributed by atoms with E-state index in [0.717, 1.165) is 24.7 Å². The number of aryl methyl sites for hydroxylation is 1. The predicted octanol–water partition coefficient (Wildman–Crippen LogP) is 4.57. The summed E-state index contributed by atoms with van der Waals surface area (Å²) in [5.74, 6) is 0.700. The molecular weight excluding hydrogens is 372 g/mol. The van der Waals surface area contributed by atoms with E-state index in [-0.39, 0.29) is 0 Å². The number of carboxylic acids is 1. The number of likely N-dealkylation sites (tertiary alicyclic amines) is 1. The number of rotatable bonds is 10. The summed E-state index contributed by atoms with van der Waals surface area (Å²) in [4.78, 5) is 13.5. The van der Waals surface area contributed by atoms with Crippen molar-refractivity contribution in [3.8, 4) is 0 Å². The summed E-state index contributed by atoms with van der Waals surface area (Å²) in [6.07, 6.45) is 7.33. The minimum absolute atomic E-state index is 0.369. The molecule has 0 bridgehead atoms. The number of aromatic carboxylic acids is 1. The number of nitrogens with zero attached hydrogens (tertiary/aromatic N) is 1. The zero-order chi connectivity index (χ0) is 20.8. The van der Waals surface area contributed by atoms with Gasteiger partial charge in [-0.25, -0.2) is 4.79 Å². The Morgan fingerprint density at radius 3 is 2.43 bits per heavy atom. The van der Waals surface area contributed by atoms with Crippen LogP contribution >= 0.6 is 0 Å². The number of carboxylic acid groups (broad SMARTS) is 1. The second-order valence-corrected chi connectivity index (χ2v) is 9.01. The number of hydrogen-bond donors (Lipinski definition) is 2. The SMILES string of the molecule is O=C(O)c1ccc(CCCCN2CCC(CN[C@@H]3C[C@H]3c3ccccc3)CC2)cc1. The van der Waals surface area contributed by atoms with Crippen LogP contribution in [0.25, 0.3) is 0 Å². The molecule has 2 aromatic rings. The summed E-state index contributed by atoms with van der Waals surface area (Å²) < 4.78 is 0. The van der Waals surface area contributed by atoms with Gasteiger partial charge in [-0.05, 0) is 93.9 Å². The molecule has 0 aromatic heterocycles. The number of hydrogen-bond acceptors (Lipinski definition) is 3. The van der Waals surface area contributed by atoms with Gasteiger partial charge in [0.2, 0.25) is 0 Å². The first-order valence-corrected chi connectivity index (χ1v) is 11.5. The maximum absolute atomic E-state index is 10.9. The van der Waals surface area contributed by atoms with Crippen LogP contribution in [0.1, 0.15) is 59.5 Å². The van der Waals surface area contributed by atoms with Gasteiger partial charge in [0.05, 0.1) is 5.56 Å². The molecular formula is C26H34N2O2. The Morgan fingerprint density at radius 2 is 1.73 bits per heavy atom. The number of carbonyl (C=O) groups is 1. The lowest BCUT2D eigenvalue weighted by Crippen LogP contribution is -2.38. The Labute approximate surface area is 180 Å². The van der Waals surface area contributed by atoms with Gasteiger partial charge in [-0.15, -0.1) is 0 Å². The first kappa shape index (κ1) is 21.1. The van der Waals surface area contributed by atoms with Gasteiger partial charge in [-0.1, -0.05) is 42.5 Å². The average molecular weight is 407 g/mol. The van der Waals surface area contributed by atoms with Crippen molar-refractivity contribution >= 4 is 5.97 Å². The molecule has 1 saturated heterocycles. The molecule has 2 fully saturated rings. The molecule has 30 heavy (non-hydrogen) atoms. The van der Waals surface area contributed by atoms with Crippen molar-refractivity contribution in [1.82, 2.24) is 10.2 Å². The zero-order valence-corrected chi connectivity index (χ0v) is 17.8. The van der Waals surface area contributed by atoms with Crippen molar-refractivity contribution in [2.75, 3.05) is 26.2 Å². The highest BCUT2D eigenvalue weighted by molar-refractivity contribution is 5.87. The second-order valence-electron chi connectivity index (χ2n) is 9.01. The summed E-state index contributed by atoms with van der Waals surface area (Å²) >= 11 is 0. The highest BCUT2D eigenvalue weighted by Gasteiger charge is 2.38. The van der Waals surface area contributed by atoms with Crippen LogP contribution in [0, 0.1) is 5.92 Å². The van der Waals surface area contributed by atoms with Crippen LogP contribution in [0.3, 0.4) is 0 Å². The van der Waals surface area contributed by atoms with E-state index < -0.39 is 5.97 Å². The van der Waals surface area contributed by atoms with Gasteiger partial charge < -0.3 is 15.3 Å². The number of piperidine rings is 1. The van der Waals surface area contributed by atoms with E-state index in [4.69, 9.17) is 5.11 Å². The molecule has 0 radical (unpaired) electrons. The molecule has 2 atom stereocenters. The Hall–Kier alpha value is -2.17. The molecule has 4 nitrogen and oxygen atoms in total. The highest BCUT2D eigenvalue weighted by atomic mass is 16.4. The van der Waals surface area contributed by atoms with Gasteiger partial charge in [0.1, 0.15) is 0 Å². The Kier molecular flexibility index (Phi) is 7.19. The second kappa shape index (κ2) is 10.2. The lowest BCUT2D eigenvalue weighted by Gasteiger charge is -2.32. The van der Waals surface area contributed by atoms with Crippen molar-refractivity contribution in [3.05, 3.63) is 71.3 Å². The largest absolute Gasteiger partial charge is 0.478 e. The fraction of sp³-hybridized carbons (Fsp3) is 0.500. The molecule has 2 aromatic carbocycles. The molecule has 160 valence electrons. The highest BCUT2D eigenvalue weighted by Crippen LogP contribution is 2.40. The van der Waals surface area contributed by atoms with Gasteiger partial charge in [-0.3, -0.25) is 0 Å². The fourth-order valence-corrected chi connectivity index (χ4v) is 4.70. The van der Waals surface area contributed by atoms with Crippen molar-refractivity contribution in [2.45, 2.75) is 50.5 Å². The molecule has 1 saturated carbocycles. The smallest absolute Gasteiger partial charge is 0.335 e. The summed E-state index contributed by atoms with van der Waals surface area (Å²) in [6.45, 7) is 4.82. The molecule has 2 N–H and O–H groups in total. The quantitative estimate of drug-likeness (QED) is 0.568. The van der Waals surface area contributed by atoms with Gasteiger partial charge in [0, 0.05) is 12.0 Å². The molecule has 4 rings (SSSR count). The Balaban J connectivity index is 1.06. The zero-order valence-electron chi connectivity index (χ0n) is 17.8. The maximum atomic E-state index is 10.9. The number of unbranched alkanes of at least 4 members (excludes halogenated alkanes) is 1. The minimum atomic E-state index is -0.853. The van der Waals surface area contributed by atoms with Gasteiger partial charge in [0.25, 0.3) is 0 Å². The predicted molar refractivity (Wildman–Crippen MR) is 121 cm³/mol. The summed E-state index contributed by atoms with van der Waals surface area (Å²) in [5.41, 5.74) is 3.09. The van der Waals surface area contributed by atoms with Crippen molar-refractivity contribution in [3.63, 3.8) is 0 Å². The van der Waals surface area contributed by atoms with E-state index >= 15 is 0 Å². The molecule has 2 aliphatic rings. The van der Waals surface area contributed by atoms with Crippen LogP contribution in [-0.2, 0) is 6.42 Å². The molecule has 4 heteroatoms. The fourth-order valence-electron chi connectivity index (χ4n) is 4.70. The van der Waals surface area contributed by atoms with Crippen LogP contribution in [0.4, 0.5) is 0 Å². The summed E-state index contributed by atoms with van der Waals surface area (Å²) in [6, 6.07) is 18.9. The van der Waals surface area contributed by atoms with Crippen LogP contribution < -0.4 is 5.32 Å². The van der Waals surface area contributed by atoms with Crippen LogP contribution in [0.2, 0.25) is 0 Å². The van der Waals surface area contributed by atoms with E-state index in [1.54, 1.807) is 12.1 Å². The van der Waals surface area contributed by atoms with Gasteiger partial charge in [0.15, 0.2) is 0 Å². The summed E-state index contributed by atoms with van der Waals surface area (Å²) in [5, 5.41) is 12.8. The Morgan fingerprint density at radius 1 is 1.00 bits per heavy atom. The lowest BCUT2D eigenvalue weighted by atomic mass is 9.96.